The summed E-state index contributed by atoms with van der Waals surface area (Å²) in [6.07, 6.45) is 32.5. The first-order valence-electron chi connectivity index (χ1n) is 22.7. The molecule has 0 amide bonds. The highest BCUT2D eigenvalue weighted by Crippen LogP contribution is 2.22. The van der Waals surface area contributed by atoms with E-state index in [1.54, 1.807) is 0 Å². The summed E-state index contributed by atoms with van der Waals surface area (Å²) in [5, 5.41) is 19.5. The van der Waals surface area contributed by atoms with Crippen LogP contribution in [0.2, 0.25) is 0 Å². The topological polar surface area (TPSA) is 180 Å². The van der Waals surface area contributed by atoms with Gasteiger partial charge in [0.15, 0.2) is 0 Å². The zero-order chi connectivity index (χ0) is 44.1. The number of carboxylic acids is 2. The molecule has 0 radical (unpaired) electrons. The second kappa shape index (κ2) is 36.4. The first kappa shape index (κ1) is 53.5. The van der Waals surface area contributed by atoms with E-state index >= 15 is 0 Å². The monoisotopic (exact) mass is 843 g/mol. The van der Waals surface area contributed by atoms with Gasteiger partial charge in [0.2, 0.25) is 0 Å². The average Bonchev–Trinajstić information content (AvgIpc) is 3.24. The Morgan fingerprint density at radius 1 is 0.350 bits per heavy atom. The highest BCUT2D eigenvalue weighted by molar-refractivity contribution is 6.09. The third-order valence-corrected chi connectivity index (χ3v) is 10.4. The van der Waals surface area contributed by atoms with E-state index in [1.165, 1.54) is 89.2 Å². The third-order valence-electron chi connectivity index (χ3n) is 10.4. The Hall–Kier alpha value is -4.48. The van der Waals surface area contributed by atoms with E-state index in [1.807, 2.05) is 0 Å². The smallest absolute Gasteiger partial charge is 0.339 e. The van der Waals surface area contributed by atoms with E-state index in [-0.39, 0.29) is 36.3 Å². The van der Waals surface area contributed by atoms with Crippen LogP contribution in [0.3, 0.4) is 0 Å². The van der Waals surface area contributed by atoms with Crippen molar-refractivity contribution in [1.29, 1.82) is 0 Å². The van der Waals surface area contributed by atoms with Crippen molar-refractivity contribution in [2.75, 3.05) is 26.4 Å². The lowest BCUT2D eigenvalue weighted by Crippen LogP contribution is -2.19. The average molecular weight is 843 g/mol. The van der Waals surface area contributed by atoms with Gasteiger partial charge in [-0.25, -0.2) is 28.8 Å². The van der Waals surface area contributed by atoms with Crippen molar-refractivity contribution in [1.82, 2.24) is 0 Å². The van der Waals surface area contributed by atoms with Gasteiger partial charge in [-0.05, 0) is 37.8 Å². The van der Waals surface area contributed by atoms with Crippen LogP contribution < -0.4 is 0 Å². The number of ether oxygens (including phenoxy) is 4. The van der Waals surface area contributed by atoms with E-state index in [0.717, 1.165) is 102 Å². The summed E-state index contributed by atoms with van der Waals surface area (Å²) in [7, 11) is 0. The molecule has 0 fully saturated rings. The van der Waals surface area contributed by atoms with Gasteiger partial charge in [-0.1, -0.05) is 167 Å². The van der Waals surface area contributed by atoms with Crippen LogP contribution in [0.1, 0.15) is 221 Å². The first-order valence-corrected chi connectivity index (χ1v) is 22.7. The van der Waals surface area contributed by atoms with E-state index in [2.05, 4.69) is 13.2 Å². The maximum Gasteiger partial charge on any atom is 0.339 e. The van der Waals surface area contributed by atoms with Crippen molar-refractivity contribution in [3.05, 3.63) is 59.7 Å². The lowest BCUT2D eigenvalue weighted by Gasteiger charge is -2.12. The third kappa shape index (κ3) is 27.3. The highest BCUT2D eigenvalue weighted by Gasteiger charge is 2.27. The van der Waals surface area contributed by atoms with Crippen molar-refractivity contribution < 1.29 is 57.9 Å². The quantitative estimate of drug-likeness (QED) is 0.0277. The Bertz CT molecular complexity index is 1320. The molecule has 12 heteroatoms. The van der Waals surface area contributed by atoms with Gasteiger partial charge in [-0.3, -0.25) is 0 Å². The van der Waals surface area contributed by atoms with E-state index in [9.17, 15) is 39.0 Å². The SMILES string of the molecule is C=CC(=O)OCCCCCCCCCCCCCCCCOC(=O)c1cc(C(=O)OCCCCCCCCCCCCCCCCOC(=O)C=C)c(C(=O)O)cc1C(=O)O. The minimum atomic E-state index is -1.50. The van der Waals surface area contributed by atoms with Crippen molar-refractivity contribution in [2.24, 2.45) is 0 Å². The Morgan fingerprint density at radius 2 is 0.550 bits per heavy atom. The number of benzene rings is 1. The predicted molar refractivity (Wildman–Crippen MR) is 233 cm³/mol. The van der Waals surface area contributed by atoms with Gasteiger partial charge in [-0.15, -0.1) is 0 Å². The molecule has 0 aliphatic carbocycles. The summed E-state index contributed by atoms with van der Waals surface area (Å²) in [5.74, 6) is -5.58. The molecule has 1 aromatic rings. The fourth-order valence-corrected chi connectivity index (χ4v) is 6.89. The number of carbonyl (C=O) groups excluding carboxylic acids is 4. The Balaban J connectivity index is 2.24. The van der Waals surface area contributed by atoms with E-state index < -0.39 is 35.0 Å². The normalized spacial score (nSPS) is 10.8. The Kier molecular flexibility index (Phi) is 32.5. The van der Waals surface area contributed by atoms with Gasteiger partial charge in [-0.2, -0.15) is 0 Å². The maximum atomic E-state index is 13.0. The zero-order valence-corrected chi connectivity index (χ0v) is 36.3. The minimum absolute atomic E-state index is 0.0820. The molecule has 2 N–H and O–H groups in total. The lowest BCUT2D eigenvalue weighted by molar-refractivity contribution is -0.138. The number of rotatable bonds is 40. The van der Waals surface area contributed by atoms with E-state index in [4.69, 9.17) is 18.9 Å². The minimum Gasteiger partial charge on any atom is -0.478 e. The van der Waals surface area contributed by atoms with Crippen molar-refractivity contribution in [3.8, 4) is 0 Å². The molecule has 0 saturated heterocycles. The van der Waals surface area contributed by atoms with Gasteiger partial charge < -0.3 is 29.2 Å². The number of carboxylic acid groups (broad SMARTS) is 2. The standard InChI is InChI=1S/C48H74O12/c1-3-43(49)57-33-29-25-21-17-13-9-5-7-11-15-19-23-27-31-35-59-47(55)41-38-42(40(46(53)54)37-39(41)45(51)52)48(56)60-36-32-28-24-20-16-12-8-6-10-14-18-22-26-30-34-58-44(50)4-2/h3-4,37-38H,1-2,5-36H2,(H,51,52)(H,53,54). The number of aromatic carboxylic acids is 2. The lowest BCUT2D eigenvalue weighted by atomic mass is 9.98. The van der Waals surface area contributed by atoms with Gasteiger partial charge in [0, 0.05) is 12.2 Å². The van der Waals surface area contributed by atoms with E-state index in [0.29, 0.717) is 26.1 Å². The van der Waals surface area contributed by atoms with Gasteiger partial charge >= 0.3 is 35.8 Å². The van der Waals surface area contributed by atoms with Crippen molar-refractivity contribution >= 4 is 35.8 Å². The Labute approximate surface area is 358 Å². The molecule has 0 atom stereocenters. The molecule has 0 aromatic heterocycles. The summed E-state index contributed by atoms with van der Waals surface area (Å²) in [4.78, 5) is 71.8. The van der Waals surface area contributed by atoms with Crippen molar-refractivity contribution in [2.45, 2.75) is 180 Å². The van der Waals surface area contributed by atoms with Crippen LogP contribution in [0.25, 0.3) is 0 Å². The largest absolute Gasteiger partial charge is 0.478 e. The number of hydrogen-bond donors (Lipinski definition) is 2. The van der Waals surface area contributed by atoms with Gasteiger partial charge in [0.05, 0.1) is 48.7 Å². The molecule has 12 nitrogen and oxygen atoms in total. The summed E-state index contributed by atoms with van der Waals surface area (Å²) in [5.41, 5.74) is -1.86. The second-order valence-electron chi connectivity index (χ2n) is 15.5. The molecule has 0 spiro atoms. The van der Waals surface area contributed by atoms with Crippen LogP contribution in [0, 0.1) is 0 Å². The van der Waals surface area contributed by atoms with Gasteiger partial charge in [0.25, 0.3) is 0 Å². The fraction of sp³-hybridized carbons (Fsp3) is 0.667. The Morgan fingerprint density at radius 3 is 0.767 bits per heavy atom. The number of carbonyl (C=O) groups is 6. The molecule has 60 heavy (non-hydrogen) atoms. The summed E-state index contributed by atoms with van der Waals surface area (Å²) >= 11 is 0. The first-order chi connectivity index (χ1) is 29.1. The van der Waals surface area contributed by atoms with Crippen molar-refractivity contribution in [3.63, 3.8) is 0 Å². The molecule has 338 valence electrons. The zero-order valence-electron chi connectivity index (χ0n) is 36.3. The summed E-state index contributed by atoms with van der Waals surface area (Å²) < 4.78 is 20.7. The predicted octanol–water partition coefficient (Wildman–Crippen LogP) is 11.8. The summed E-state index contributed by atoms with van der Waals surface area (Å²) in [6.45, 7) is 7.85. The molecule has 1 rings (SSSR count). The molecule has 0 aliphatic rings. The summed E-state index contributed by atoms with van der Waals surface area (Å²) in [6, 6.07) is 1.79. The molecule has 0 unspecified atom stereocenters. The highest BCUT2D eigenvalue weighted by atomic mass is 16.5. The molecule has 0 saturated carbocycles. The van der Waals surface area contributed by atoms with Crippen LogP contribution >= 0.6 is 0 Å². The maximum absolute atomic E-state index is 13.0. The molecule has 0 bridgehead atoms. The number of hydrogen-bond acceptors (Lipinski definition) is 10. The van der Waals surface area contributed by atoms with Crippen LogP contribution in [0.15, 0.2) is 37.4 Å². The molecular formula is C48H74O12. The number of unbranched alkanes of at least 4 members (excludes halogenated alkanes) is 26. The second-order valence-corrected chi connectivity index (χ2v) is 15.5. The fourth-order valence-electron chi connectivity index (χ4n) is 6.89. The van der Waals surface area contributed by atoms with Crippen LogP contribution in [-0.4, -0.2) is 72.5 Å². The molecule has 1 aromatic carbocycles. The molecule has 0 aliphatic heterocycles. The molecular weight excluding hydrogens is 769 g/mol. The van der Waals surface area contributed by atoms with Gasteiger partial charge in [0.1, 0.15) is 0 Å². The molecule has 0 heterocycles. The van der Waals surface area contributed by atoms with Crippen LogP contribution in [0.4, 0.5) is 0 Å². The van der Waals surface area contributed by atoms with Crippen LogP contribution in [-0.2, 0) is 28.5 Å². The van der Waals surface area contributed by atoms with Crippen LogP contribution in [0.5, 0.6) is 0 Å². The number of esters is 4.